The molecule has 0 aliphatic carbocycles. The molecule has 0 radical (unpaired) electrons. The number of thioether (sulfide) groups is 1. The number of rotatable bonds is 4. The zero-order valence-corrected chi connectivity index (χ0v) is 12.6. The van der Waals surface area contributed by atoms with Crippen LogP contribution in [0.3, 0.4) is 0 Å². The van der Waals surface area contributed by atoms with Gasteiger partial charge in [0, 0.05) is 41.3 Å². The molecule has 2 aromatic carbocycles. The van der Waals surface area contributed by atoms with Crippen molar-refractivity contribution < 1.29 is 0 Å². The van der Waals surface area contributed by atoms with Crippen LogP contribution in [0.2, 0.25) is 0 Å². The highest BCUT2D eigenvalue weighted by Gasteiger charge is 2.05. The lowest BCUT2D eigenvalue weighted by Crippen LogP contribution is -1.98. The zero-order valence-electron chi connectivity index (χ0n) is 11.8. The summed E-state index contributed by atoms with van der Waals surface area (Å²) < 4.78 is 2.18. The Morgan fingerprint density at radius 3 is 2.55 bits per heavy atom. The summed E-state index contributed by atoms with van der Waals surface area (Å²) in [5.41, 5.74) is 3.77. The van der Waals surface area contributed by atoms with Gasteiger partial charge in [-0.1, -0.05) is 18.2 Å². The van der Waals surface area contributed by atoms with Gasteiger partial charge in [-0.05, 0) is 42.2 Å². The van der Waals surface area contributed by atoms with Crippen LogP contribution >= 0.6 is 11.8 Å². The summed E-state index contributed by atoms with van der Waals surface area (Å²) in [5.74, 6) is 0. The summed E-state index contributed by atoms with van der Waals surface area (Å²) in [7, 11) is 2.10. The van der Waals surface area contributed by atoms with Crippen molar-refractivity contribution in [2.45, 2.75) is 11.4 Å². The number of hydrogen-bond acceptors (Lipinski definition) is 2. The predicted molar refractivity (Wildman–Crippen MR) is 88.5 cm³/mol. The molecule has 1 heterocycles. The highest BCUT2D eigenvalue weighted by atomic mass is 32.2. The molecule has 0 unspecified atom stereocenters. The Balaban J connectivity index is 1.79. The Hall–Kier alpha value is -1.87. The zero-order chi connectivity index (χ0) is 13.9. The molecule has 3 rings (SSSR count). The van der Waals surface area contributed by atoms with Gasteiger partial charge in [0.2, 0.25) is 0 Å². The third kappa shape index (κ3) is 2.54. The van der Waals surface area contributed by atoms with Gasteiger partial charge in [0.15, 0.2) is 0 Å². The molecule has 0 saturated heterocycles. The van der Waals surface area contributed by atoms with Crippen molar-refractivity contribution in [3.8, 4) is 0 Å². The maximum Gasteiger partial charge on any atom is 0.0481 e. The first-order valence-corrected chi connectivity index (χ1v) is 7.91. The number of hydrogen-bond donors (Lipinski definition) is 1. The predicted octanol–water partition coefficient (Wildman–Crippen LogP) is 4.51. The van der Waals surface area contributed by atoms with Gasteiger partial charge in [-0.15, -0.1) is 11.8 Å². The van der Waals surface area contributed by atoms with Gasteiger partial charge in [0.1, 0.15) is 0 Å². The molecule has 0 fully saturated rings. The van der Waals surface area contributed by atoms with Crippen molar-refractivity contribution in [2.75, 3.05) is 11.6 Å². The fourth-order valence-electron chi connectivity index (χ4n) is 2.47. The second kappa shape index (κ2) is 5.63. The number of benzene rings is 2. The smallest absolute Gasteiger partial charge is 0.0481 e. The van der Waals surface area contributed by atoms with Gasteiger partial charge >= 0.3 is 0 Å². The normalized spacial score (nSPS) is 10.9. The lowest BCUT2D eigenvalue weighted by atomic mass is 10.2. The van der Waals surface area contributed by atoms with Crippen molar-refractivity contribution in [3.05, 3.63) is 60.3 Å². The molecule has 0 aliphatic heterocycles. The maximum atomic E-state index is 3.50. The van der Waals surface area contributed by atoms with Gasteiger partial charge in [-0.2, -0.15) is 0 Å². The summed E-state index contributed by atoms with van der Waals surface area (Å²) in [5, 5.41) is 4.82. The van der Waals surface area contributed by atoms with Crippen molar-refractivity contribution in [1.29, 1.82) is 0 Å². The lowest BCUT2D eigenvalue weighted by Gasteiger charge is -2.06. The van der Waals surface area contributed by atoms with E-state index in [0.29, 0.717) is 0 Å². The first-order valence-electron chi connectivity index (χ1n) is 6.69. The highest BCUT2D eigenvalue weighted by molar-refractivity contribution is 7.98. The number of para-hydroxylation sites is 1. The third-order valence-corrected chi connectivity index (χ3v) is 4.30. The minimum atomic E-state index is 0.847. The van der Waals surface area contributed by atoms with Crippen LogP contribution in [0, 0.1) is 0 Å². The van der Waals surface area contributed by atoms with Crippen LogP contribution in [-0.2, 0) is 13.6 Å². The van der Waals surface area contributed by atoms with Gasteiger partial charge < -0.3 is 9.88 Å². The van der Waals surface area contributed by atoms with Crippen LogP contribution in [0.15, 0.2) is 59.6 Å². The molecule has 3 heteroatoms. The Kier molecular flexibility index (Phi) is 3.70. The van der Waals surface area contributed by atoms with E-state index < -0.39 is 0 Å². The maximum absolute atomic E-state index is 3.50. The van der Waals surface area contributed by atoms with E-state index in [4.69, 9.17) is 0 Å². The molecule has 0 saturated carbocycles. The molecular weight excluding hydrogens is 264 g/mol. The van der Waals surface area contributed by atoms with Crippen molar-refractivity contribution in [2.24, 2.45) is 7.05 Å². The van der Waals surface area contributed by atoms with Crippen molar-refractivity contribution >= 4 is 28.4 Å². The van der Waals surface area contributed by atoms with Crippen LogP contribution < -0.4 is 5.32 Å². The van der Waals surface area contributed by atoms with Gasteiger partial charge in [-0.3, -0.25) is 0 Å². The van der Waals surface area contributed by atoms with Gasteiger partial charge in [-0.25, -0.2) is 0 Å². The topological polar surface area (TPSA) is 17.0 Å². The minimum absolute atomic E-state index is 0.847. The number of fused-ring (bicyclic) bond motifs is 1. The summed E-state index contributed by atoms with van der Waals surface area (Å²) in [4.78, 5) is 1.29. The average Bonchev–Trinajstić information content (AvgIpc) is 2.83. The lowest BCUT2D eigenvalue weighted by molar-refractivity contribution is 0.956. The Morgan fingerprint density at radius 1 is 1.05 bits per heavy atom. The third-order valence-electron chi connectivity index (χ3n) is 3.55. The number of nitrogens with zero attached hydrogens (tertiary/aromatic N) is 1. The Labute approximate surface area is 123 Å². The standard InChI is InChI=1S/C17H18N2S/c1-19-12-13(16-5-3-4-6-17(16)19)11-18-14-7-9-15(20-2)10-8-14/h3-10,12,18H,11H2,1-2H3. The van der Waals surface area contributed by atoms with Gasteiger partial charge in [0.05, 0.1) is 0 Å². The van der Waals surface area contributed by atoms with E-state index in [1.165, 1.54) is 21.4 Å². The highest BCUT2D eigenvalue weighted by Crippen LogP contribution is 2.22. The van der Waals surface area contributed by atoms with E-state index in [1.54, 1.807) is 11.8 Å². The minimum Gasteiger partial charge on any atom is -0.381 e. The molecular formula is C17H18N2S. The molecule has 1 N–H and O–H groups in total. The molecule has 0 bridgehead atoms. The van der Waals surface area contributed by atoms with Crippen molar-refractivity contribution in [1.82, 2.24) is 4.57 Å². The van der Waals surface area contributed by atoms with E-state index in [0.717, 1.165) is 12.2 Å². The van der Waals surface area contributed by atoms with E-state index in [-0.39, 0.29) is 0 Å². The summed E-state index contributed by atoms with van der Waals surface area (Å²) in [6.07, 6.45) is 4.30. The van der Waals surface area contributed by atoms with Crippen LogP contribution in [0.4, 0.5) is 5.69 Å². The SMILES string of the molecule is CSc1ccc(NCc2cn(C)c3ccccc23)cc1. The van der Waals surface area contributed by atoms with Gasteiger partial charge in [0.25, 0.3) is 0 Å². The van der Waals surface area contributed by atoms with E-state index in [9.17, 15) is 0 Å². The van der Waals surface area contributed by atoms with Crippen LogP contribution in [0.1, 0.15) is 5.56 Å². The average molecular weight is 282 g/mol. The molecule has 0 amide bonds. The molecule has 3 aromatic rings. The quantitative estimate of drug-likeness (QED) is 0.709. The largest absolute Gasteiger partial charge is 0.381 e. The fourth-order valence-corrected chi connectivity index (χ4v) is 2.88. The molecule has 0 aliphatic rings. The second-order valence-corrected chi connectivity index (χ2v) is 5.74. The molecule has 1 aromatic heterocycles. The summed E-state index contributed by atoms with van der Waals surface area (Å²) >= 11 is 1.77. The summed E-state index contributed by atoms with van der Waals surface area (Å²) in [6, 6.07) is 17.1. The fraction of sp³-hybridized carbons (Fsp3) is 0.176. The number of anilines is 1. The molecule has 0 spiro atoms. The number of nitrogens with one attached hydrogen (secondary N) is 1. The molecule has 20 heavy (non-hydrogen) atoms. The molecule has 0 atom stereocenters. The summed E-state index contributed by atoms with van der Waals surface area (Å²) in [6.45, 7) is 0.847. The first-order chi connectivity index (χ1) is 9.78. The van der Waals surface area contributed by atoms with E-state index >= 15 is 0 Å². The Bertz CT molecular complexity index is 713. The van der Waals surface area contributed by atoms with Crippen LogP contribution in [-0.4, -0.2) is 10.8 Å². The van der Waals surface area contributed by atoms with E-state index in [1.807, 2.05) is 0 Å². The van der Waals surface area contributed by atoms with Crippen LogP contribution in [0.25, 0.3) is 10.9 Å². The van der Waals surface area contributed by atoms with Crippen molar-refractivity contribution in [3.63, 3.8) is 0 Å². The molecule has 102 valence electrons. The van der Waals surface area contributed by atoms with E-state index in [2.05, 4.69) is 77.9 Å². The monoisotopic (exact) mass is 282 g/mol. The number of aromatic nitrogens is 1. The molecule has 2 nitrogen and oxygen atoms in total. The second-order valence-electron chi connectivity index (χ2n) is 4.86. The number of aryl methyl sites for hydroxylation is 1. The van der Waals surface area contributed by atoms with Crippen LogP contribution in [0.5, 0.6) is 0 Å². The first kappa shape index (κ1) is 13.1. The Morgan fingerprint density at radius 2 is 1.80 bits per heavy atom.